The van der Waals surface area contributed by atoms with Crippen molar-refractivity contribution in [2.45, 2.75) is 18.9 Å². The van der Waals surface area contributed by atoms with E-state index >= 15 is 0 Å². The molecule has 150 valence electrons. The van der Waals surface area contributed by atoms with Gasteiger partial charge in [-0.05, 0) is 37.1 Å². The summed E-state index contributed by atoms with van der Waals surface area (Å²) in [6.07, 6.45) is 4.71. The predicted molar refractivity (Wildman–Crippen MR) is 112 cm³/mol. The molecule has 1 saturated heterocycles. The molecule has 1 amide bonds. The van der Waals surface area contributed by atoms with E-state index in [0.29, 0.717) is 29.7 Å². The van der Waals surface area contributed by atoms with Crippen molar-refractivity contribution in [1.29, 1.82) is 0 Å². The Balaban J connectivity index is 1.38. The number of fused-ring (bicyclic) bond motifs is 1. The molecule has 8 heteroatoms. The van der Waals surface area contributed by atoms with E-state index in [-0.39, 0.29) is 17.5 Å². The van der Waals surface area contributed by atoms with Crippen LogP contribution in [0.15, 0.2) is 71.9 Å². The van der Waals surface area contributed by atoms with Gasteiger partial charge in [0.15, 0.2) is 5.69 Å². The lowest BCUT2D eigenvalue weighted by atomic mass is 10.0. The highest BCUT2D eigenvalue weighted by Crippen LogP contribution is 2.22. The normalized spacial score (nSPS) is 16.7. The molecule has 0 radical (unpaired) electrons. The number of carbonyl (C=O) groups excluding carboxylic acids is 1. The second-order valence-electron chi connectivity index (χ2n) is 7.38. The third-order valence-corrected chi connectivity index (χ3v) is 5.47. The van der Waals surface area contributed by atoms with Crippen LogP contribution in [0.2, 0.25) is 0 Å². The van der Waals surface area contributed by atoms with Crippen LogP contribution in [0, 0.1) is 0 Å². The molecule has 30 heavy (non-hydrogen) atoms. The Hall–Kier alpha value is -3.81. The van der Waals surface area contributed by atoms with E-state index in [0.717, 1.165) is 18.5 Å². The van der Waals surface area contributed by atoms with Crippen LogP contribution in [0.5, 0.6) is 0 Å². The molecule has 8 nitrogen and oxygen atoms in total. The van der Waals surface area contributed by atoms with E-state index in [2.05, 4.69) is 15.2 Å². The molecule has 0 saturated carbocycles. The standard InChI is InChI=1S/C22H20N6O2/c29-21-18-10-4-5-11-19(18)23-15-27(21)17-9-6-12-26(14-17)22(30)20-13-24-28(25-20)16-7-2-1-3-8-16/h1-5,7-8,10-11,13,15,17H,6,9,12,14H2/t17-/m0/s1. The quantitative estimate of drug-likeness (QED) is 0.527. The largest absolute Gasteiger partial charge is 0.335 e. The van der Waals surface area contributed by atoms with Crippen molar-refractivity contribution in [3.8, 4) is 5.69 Å². The molecule has 1 fully saturated rings. The monoisotopic (exact) mass is 400 g/mol. The van der Waals surface area contributed by atoms with Gasteiger partial charge in [0.1, 0.15) is 0 Å². The van der Waals surface area contributed by atoms with Gasteiger partial charge in [0.2, 0.25) is 0 Å². The van der Waals surface area contributed by atoms with Crippen LogP contribution < -0.4 is 5.56 Å². The Kier molecular flexibility index (Phi) is 4.59. The number of piperidine rings is 1. The Labute approximate surface area is 172 Å². The van der Waals surface area contributed by atoms with Crippen molar-refractivity contribution >= 4 is 16.8 Å². The Morgan fingerprint density at radius 3 is 2.70 bits per heavy atom. The van der Waals surface area contributed by atoms with Crippen LogP contribution in [-0.2, 0) is 0 Å². The summed E-state index contributed by atoms with van der Waals surface area (Å²) < 4.78 is 1.66. The number of hydrogen-bond donors (Lipinski definition) is 0. The maximum absolute atomic E-state index is 13.0. The van der Waals surface area contributed by atoms with Gasteiger partial charge >= 0.3 is 0 Å². The Bertz CT molecular complexity index is 1260. The van der Waals surface area contributed by atoms with E-state index in [1.807, 2.05) is 48.5 Å². The fourth-order valence-corrected chi connectivity index (χ4v) is 3.92. The van der Waals surface area contributed by atoms with Gasteiger partial charge in [-0.2, -0.15) is 9.90 Å². The predicted octanol–water partition coefficient (Wildman–Crippen LogP) is 2.45. The number of nitrogens with zero attached hydrogens (tertiary/aromatic N) is 6. The molecule has 3 heterocycles. The van der Waals surface area contributed by atoms with Crippen LogP contribution in [0.25, 0.3) is 16.6 Å². The van der Waals surface area contributed by atoms with Crippen LogP contribution in [0.4, 0.5) is 0 Å². The molecule has 1 aliphatic rings. The van der Waals surface area contributed by atoms with Crippen LogP contribution in [0.3, 0.4) is 0 Å². The molecular formula is C22H20N6O2. The summed E-state index contributed by atoms with van der Waals surface area (Å²) in [5.41, 5.74) is 1.69. The molecule has 5 rings (SSSR count). The average Bonchev–Trinajstić information content (AvgIpc) is 3.30. The molecule has 0 bridgehead atoms. The third kappa shape index (κ3) is 3.26. The Morgan fingerprint density at radius 1 is 1.03 bits per heavy atom. The minimum absolute atomic E-state index is 0.0741. The van der Waals surface area contributed by atoms with E-state index in [1.54, 1.807) is 21.9 Å². The van der Waals surface area contributed by atoms with Crippen LogP contribution in [-0.4, -0.2) is 48.4 Å². The highest BCUT2D eigenvalue weighted by atomic mass is 16.2. The lowest BCUT2D eigenvalue weighted by molar-refractivity contribution is 0.0671. The second-order valence-corrected chi connectivity index (χ2v) is 7.38. The summed E-state index contributed by atoms with van der Waals surface area (Å²) in [5.74, 6) is -0.177. The molecule has 1 aliphatic heterocycles. The zero-order chi connectivity index (χ0) is 20.5. The molecule has 1 atom stereocenters. The maximum Gasteiger partial charge on any atom is 0.276 e. The van der Waals surface area contributed by atoms with E-state index < -0.39 is 0 Å². The number of aromatic nitrogens is 5. The molecule has 4 aromatic rings. The zero-order valence-electron chi connectivity index (χ0n) is 16.3. The number of para-hydroxylation sites is 2. The first-order chi connectivity index (χ1) is 14.7. The maximum atomic E-state index is 13.0. The summed E-state index contributed by atoms with van der Waals surface area (Å²) in [7, 11) is 0. The highest BCUT2D eigenvalue weighted by molar-refractivity contribution is 5.92. The molecular weight excluding hydrogens is 380 g/mol. The fourth-order valence-electron chi connectivity index (χ4n) is 3.92. The number of amides is 1. The van der Waals surface area contributed by atoms with Gasteiger partial charge in [-0.15, -0.1) is 5.10 Å². The number of hydrogen-bond acceptors (Lipinski definition) is 5. The van der Waals surface area contributed by atoms with E-state index in [1.165, 1.54) is 11.0 Å². The van der Waals surface area contributed by atoms with Crippen molar-refractivity contribution in [3.63, 3.8) is 0 Å². The van der Waals surface area contributed by atoms with Gasteiger partial charge < -0.3 is 4.90 Å². The van der Waals surface area contributed by atoms with Crippen molar-refractivity contribution in [2.24, 2.45) is 0 Å². The van der Waals surface area contributed by atoms with Gasteiger partial charge in [-0.3, -0.25) is 14.2 Å². The number of carbonyl (C=O) groups is 1. The SMILES string of the molecule is O=C(c1cnn(-c2ccccc2)n1)N1CCC[C@H](n2cnc3ccccc3c2=O)C1. The molecule has 0 unspecified atom stereocenters. The number of rotatable bonds is 3. The van der Waals surface area contributed by atoms with Gasteiger partial charge in [-0.25, -0.2) is 4.98 Å². The van der Waals surface area contributed by atoms with E-state index in [4.69, 9.17) is 0 Å². The summed E-state index contributed by atoms with van der Waals surface area (Å²) in [4.78, 5) is 33.6. The first-order valence-electron chi connectivity index (χ1n) is 9.93. The second kappa shape index (κ2) is 7.55. The van der Waals surface area contributed by atoms with Crippen molar-refractivity contribution in [2.75, 3.05) is 13.1 Å². The molecule has 0 N–H and O–H groups in total. The van der Waals surface area contributed by atoms with Gasteiger partial charge in [-0.1, -0.05) is 30.3 Å². The number of likely N-dealkylation sites (tertiary alicyclic amines) is 1. The van der Waals surface area contributed by atoms with Crippen molar-refractivity contribution < 1.29 is 4.79 Å². The fraction of sp³-hybridized carbons (Fsp3) is 0.227. The lowest BCUT2D eigenvalue weighted by Gasteiger charge is -2.33. The minimum atomic E-state index is -0.177. The first kappa shape index (κ1) is 18.2. The Morgan fingerprint density at radius 2 is 1.83 bits per heavy atom. The summed E-state index contributed by atoms with van der Waals surface area (Å²) in [6.45, 7) is 1.07. The van der Waals surface area contributed by atoms with Crippen molar-refractivity contribution in [3.05, 3.63) is 83.2 Å². The number of benzene rings is 2. The average molecular weight is 400 g/mol. The van der Waals surface area contributed by atoms with E-state index in [9.17, 15) is 9.59 Å². The summed E-state index contributed by atoms with van der Waals surface area (Å²) in [5, 5.41) is 9.16. The first-order valence-corrected chi connectivity index (χ1v) is 9.93. The lowest BCUT2D eigenvalue weighted by Crippen LogP contribution is -2.43. The topological polar surface area (TPSA) is 85.9 Å². The third-order valence-electron chi connectivity index (χ3n) is 5.47. The summed E-state index contributed by atoms with van der Waals surface area (Å²) in [6, 6.07) is 16.7. The molecule has 0 aliphatic carbocycles. The molecule has 2 aromatic carbocycles. The minimum Gasteiger partial charge on any atom is -0.335 e. The van der Waals surface area contributed by atoms with Crippen LogP contribution in [0.1, 0.15) is 29.4 Å². The smallest absolute Gasteiger partial charge is 0.276 e. The van der Waals surface area contributed by atoms with Crippen molar-refractivity contribution in [1.82, 2.24) is 29.4 Å². The van der Waals surface area contributed by atoms with Gasteiger partial charge in [0, 0.05) is 13.1 Å². The zero-order valence-corrected chi connectivity index (χ0v) is 16.3. The molecule has 0 spiro atoms. The van der Waals surface area contributed by atoms with Gasteiger partial charge in [0.05, 0.1) is 35.2 Å². The van der Waals surface area contributed by atoms with Gasteiger partial charge in [0.25, 0.3) is 11.5 Å². The molecule has 2 aromatic heterocycles. The highest BCUT2D eigenvalue weighted by Gasteiger charge is 2.28. The summed E-state index contributed by atoms with van der Waals surface area (Å²) >= 11 is 0. The van der Waals surface area contributed by atoms with Crippen LogP contribution >= 0.6 is 0 Å².